The minimum atomic E-state index is -0.386. The highest BCUT2D eigenvalue weighted by Crippen LogP contribution is 2.28. The molecule has 0 saturated carbocycles. The van der Waals surface area contributed by atoms with E-state index in [4.69, 9.17) is 0 Å². The van der Waals surface area contributed by atoms with Crippen LogP contribution >= 0.6 is 11.8 Å². The third kappa shape index (κ3) is 4.77. The molecule has 1 amide bonds. The van der Waals surface area contributed by atoms with Crippen LogP contribution in [-0.2, 0) is 4.79 Å². The summed E-state index contributed by atoms with van der Waals surface area (Å²) < 4.78 is 28.9. The second kappa shape index (κ2) is 9.05. The number of hydrogen-bond acceptors (Lipinski definition) is 5. The van der Waals surface area contributed by atoms with Gasteiger partial charge >= 0.3 is 0 Å². The molecule has 0 bridgehead atoms. The summed E-state index contributed by atoms with van der Waals surface area (Å²) in [6.07, 6.45) is 3.28. The van der Waals surface area contributed by atoms with Gasteiger partial charge in [0.15, 0.2) is 11.0 Å². The maximum absolute atomic E-state index is 13.7. The summed E-state index contributed by atoms with van der Waals surface area (Å²) in [5.41, 5.74) is 2.31. The number of nitrogens with zero attached hydrogens (tertiary/aromatic N) is 4. The average molecular weight is 437 g/mol. The third-order valence-electron chi connectivity index (χ3n) is 4.44. The normalized spacial score (nSPS) is 10.8. The Morgan fingerprint density at radius 1 is 1.03 bits per heavy atom. The van der Waals surface area contributed by atoms with Crippen LogP contribution in [0.25, 0.3) is 17.1 Å². The second-order valence-corrected chi connectivity index (χ2v) is 7.60. The van der Waals surface area contributed by atoms with E-state index in [-0.39, 0.29) is 23.3 Å². The van der Waals surface area contributed by atoms with Crippen molar-refractivity contribution in [2.24, 2.45) is 0 Å². The van der Waals surface area contributed by atoms with Crippen LogP contribution in [0.5, 0.6) is 0 Å². The van der Waals surface area contributed by atoms with Gasteiger partial charge in [-0.15, -0.1) is 10.2 Å². The number of aryl methyl sites for hydroxylation is 1. The molecule has 0 aliphatic carbocycles. The van der Waals surface area contributed by atoms with Crippen molar-refractivity contribution >= 4 is 23.4 Å². The number of carbonyl (C=O) groups excluding carboxylic acids is 1. The maximum Gasteiger partial charge on any atom is 0.234 e. The van der Waals surface area contributed by atoms with Crippen molar-refractivity contribution in [2.75, 3.05) is 11.1 Å². The number of pyridine rings is 1. The summed E-state index contributed by atoms with van der Waals surface area (Å²) in [4.78, 5) is 16.4. The van der Waals surface area contributed by atoms with Gasteiger partial charge < -0.3 is 5.32 Å². The van der Waals surface area contributed by atoms with Crippen LogP contribution in [0.4, 0.5) is 14.5 Å². The number of carbonyl (C=O) groups is 1. The highest BCUT2D eigenvalue weighted by molar-refractivity contribution is 7.99. The molecule has 0 aliphatic rings. The maximum atomic E-state index is 13.7. The van der Waals surface area contributed by atoms with Gasteiger partial charge in [0, 0.05) is 29.3 Å². The molecule has 6 nitrogen and oxygen atoms in total. The molecule has 0 atom stereocenters. The summed E-state index contributed by atoms with van der Waals surface area (Å²) in [7, 11) is 0. The predicted molar refractivity (Wildman–Crippen MR) is 115 cm³/mol. The van der Waals surface area contributed by atoms with Crippen LogP contribution in [0.15, 0.2) is 72.1 Å². The minimum Gasteiger partial charge on any atom is -0.325 e. The van der Waals surface area contributed by atoms with E-state index >= 15 is 0 Å². The molecule has 4 rings (SSSR count). The van der Waals surface area contributed by atoms with Gasteiger partial charge in [0.2, 0.25) is 5.91 Å². The molecule has 0 saturated heterocycles. The number of rotatable bonds is 6. The Hall–Kier alpha value is -3.59. The quantitative estimate of drug-likeness (QED) is 0.445. The Morgan fingerprint density at radius 2 is 1.77 bits per heavy atom. The molecule has 0 spiro atoms. The molecule has 4 aromatic rings. The number of nitrogens with one attached hydrogen (secondary N) is 1. The molecule has 1 N–H and O–H groups in total. The predicted octanol–water partition coefficient (Wildman–Crippen LogP) is 4.65. The Morgan fingerprint density at radius 3 is 2.48 bits per heavy atom. The van der Waals surface area contributed by atoms with Gasteiger partial charge in [-0.05, 0) is 61.0 Å². The molecule has 2 heterocycles. The van der Waals surface area contributed by atoms with Gasteiger partial charge in [-0.25, -0.2) is 8.78 Å². The van der Waals surface area contributed by atoms with E-state index in [2.05, 4.69) is 20.5 Å². The standard InChI is InChI=1S/C22H17F2N5OS/c1-14-2-5-17(12-19(14)24)26-20(30)13-31-22-28-27-21(15-8-10-25-11-9-15)29(22)18-6-3-16(23)4-7-18/h2-12H,13H2,1H3,(H,26,30). The van der Waals surface area contributed by atoms with Crippen molar-refractivity contribution in [3.63, 3.8) is 0 Å². The zero-order chi connectivity index (χ0) is 21.8. The Bertz CT molecular complexity index is 1210. The van der Waals surface area contributed by atoms with Gasteiger partial charge in [0.05, 0.1) is 5.75 Å². The monoisotopic (exact) mass is 437 g/mol. The van der Waals surface area contributed by atoms with E-state index in [0.29, 0.717) is 27.9 Å². The van der Waals surface area contributed by atoms with E-state index < -0.39 is 0 Å². The Labute approximate surface area is 181 Å². The zero-order valence-corrected chi connectivity index (χ0v) is 17.2. The van der Waals surface area contributed by atoms with E-state index in [1.807, 2.05) is 0 Å². The second-order valence-electron chi connectivity index (χ2n) is 6.65. The molecule has 0 unspecified atom stereocenters. The molecule has 2 aromatic heterocycles. The molecule has 9 heteroatoms. The van der Waals surface area contributed by atoms with Crippen molar-refractivity contribution in [3.05, 3.63) is 84.2 Å². The Balaban J connectivity index is 1.57. The fourth-order valence-corrected chi connectivity index (χ4v) is 3.62. The summed E-state index contributed by atoms with van der Waals surface area (Å²) in [6.45, 7) is 1.65. The lowest BCUT2D eigenvalue weighted by molar-refractivity contribution is -0.113. The number of benzene rings is 2. The van der Waals surface area contributed by atoms with Gasteiger partial charge in [-0.2, -0.15) is 0 Å². The molecule has 0 fully saturated rings. The summed E-state index contributed by atoms with van der Waals surface area (Å²) >= 11 is 1.17. The first-order valence-corrected chi connectivity index (χ1v) is 10.3. The van der Waals surface area contributed by atoms with Crippen molar-refractivity contribution in [1.82, 2.24) is 19.7 Å². The first-order chi connectivity index (χ1) is 15.0. The van der Waals surface area contributed by atoms with Gasteiger partial charge in [0.25, 0.3) is 0 Å². The van der Waals surface area contributed by atoms with E-state index in [0.717, 1.165) is 5.56 Å². The number of aromatic nitrogens is 4. The molecule has 31 heavy (non-hydrogen) atoms. The number of anilines is 1. The van der Waals surface area contributed by atoms with Gasteiger partial charge in [-0.3, -0.25) is 14.3 Å². The number of halogens is 2. The van der Waals surface area contributed by atoms with E-state index in [1.54, 1.807) is 60.3 Å². The molecule has 156 valence electrons. The number of amides is 1. The van der Waals surface area contributed by atoms with Crippen molar-refractivity contribution in [1.29, 1.82) is 0 Å². The topological polar surface area (TPSA) is 72.7 Å². The molecule has 0 aliphatic heterocycles. The zero-order valence-electron chi connectivity index (χ0n) is 16.4. The first kappa shape index (κ1) is 20.7. The van der Waals surface area contributed by atoms with Crippen LogP contribution < -0.4 is 5.32 Å². The smallest absolute Gasteiger partial charge is 0.234 e. The SMILES string of the molecule is Cc1ccc(NC(=O)CSc2nnc(-c3ccncc3)n2-c2ccc(F)cc2)cc1F. The summed E-state index contributed by atoms with van der Waals surface area (Å²) in [5, 5.41) is 11.6. The highest BCUT2D eigenvalue weighted by Gasteiger charge is 2.17. The van der Waals surface area contributed by atoms with Crippen LogP contribution in [0.1, 0.15) is 5.56 Å². The fraction of sp³-hybridized carbons (Fsp3) is 0.0909. The molecular formula is C22H17F2N5OS. The Kier molecular flexibility index (Phi) is 6.03. The fourth-order valence-electron chi connectivity index (χ4n) is 2.87. The van der Waals surface area contributed by atoms with E-state index in [9.17, 15) is 13.6 Å². The lowest BCUT2D eigenvalue weighted by Crippen LogP contribution is -2.14. The average Bonchev–Trinajstić information content (AvgIpc) is 3.20. The third-order valence-corrected chi connectivity index (χ3v) is 5.37. The van der Waals surface area contributed by atoms with Crippen LogP contribution in [0, 0.1) is 18.6 Å². The lowest BCUT2D eigenvalue weighted by atomic mass is 10.2. The highest BCUT2D eigenvalue weighted by atomic mass is 32.2. The van der Waals surface area contributed by atoms with Gasteiger partial charge in [0.1, 0.15) is 11.6 Å². The molecular weight excluding hydrogens is 420 g/mol. The van der Waals surface area contributed by atoms with Crippen LogP contribution in [-0.4, -0.2) is 31.4 Å². The molecule has 0 radical (unpaired) electrons. The van der Waals surface area contributed by atoms with Crippen molar-refractivity contribution in [3.8, 4) is 17.1 Å². The van der Waals surface area contributed by atoms with Crippen LogP contribution in [0.2, 0.25) is 0 Å². The number of hydrogen-bond donors (Lipinski definition) is 1. The molecule has 2 aromatic carbocycles. The largest absolute Gasteiger partial charge is 0.325 e. The minimum absolute atomic E-state index is 0.0329. The number of thioether (sulfide) groups is 1. The van der Waals surface area contributed by atoms with E-state index in [1.165, 1.54) is 30.0 Å². The van der Waals surface area contributed by atoms with Crippen molar-refractivity contribution < 1.29 is 13.6 Å². The van der Waals surface area contributed by atoms with Gasteiger partial charge in [-0.1, -0.05) is 17.8 Å². The summed E-state index contributed by atoms with van der Waals surface area (Å²) in [6, 6.07) is 14.0. The van der Waals surface area contributed by atoms with Crippen LogP contribution in [0.3, 0.4) is 0 Å². The van der Waals surface area contributed by atoms with Crippen molar-refractivity contribution in [2.45, 2.75) is 12.1 Å². The lowest BCUT2D eigenvalue weighted by Gasteiger charge is -2.10. The first-order valence-electron chi connectivity index (χ1n) is 9.32. The summed E-state index contributed by atoms with van der Waals surface area (Å²) in [5.74, 6) is -0.486.